The van der Waals surface area contributed by atoms with Gasteiger partial charge in [0.2, 0.25) is 0 Å². The third kappa shape index (κ3) is 2.96. The summed E-state index contributed by atoms with van der Waals surface area (Å²) in [7, 11) is 0. The van der Waals surface area contributed by atoms with E-state index in [0.717, 1.165) is 4.90 Å². The van der Waals surface area contributed by atoms with E-state index in [1.54, 1.807) is 12.1 Å². The molecule has 0 aliphatic heterocycles. The first-order chi connectivity index (χ1) is 8.08. The summed E-state index contributed by atoms with van der Waals surface area (Å²) in [4.78, 5) is 8.74. The van der Waals surface area contributed by atoms with Gasteiger partial charge in [0.25, 0.3) is 0 Å². The number of nitrogen functional groups attached to an aromatic ring is 1. The Bertz CT molecular complexity index is 562. The molecule has 0 atom stereocenters. The van der Waals surface area contributed by atoms with Crippen molar-refractivity contribution in [2.24, 2.45) is 0 Å². The summed E-state index contributed by atoms with van der Waals surface area (Å²) in [5, 5.41) is 1.71. The molecule has 88 valence electrons. The van der Waals surface area contributed by atoms with Crippen LogP contribution < -0.4 is 5.73 Å². The van der Waals surface area contributed by atoms with E-state index in [4.69, 9.17) is 40.5 Å². The van der Waals surface area contributed by atoms with E-state index in [0.29, 0.717) is 20.9 Å². The Labute approximate surface area is 117 Å². The molecule has 0 fully saturated rings. The largest absolute Gasteiger partial charge is 0.381 e. The van der Waals surface area contributed by atoms with Gasteiger partial charge in [-0.15, -0.1) is 0 Å². The second-order valence-corrected chi connectivity index (χ2v) is 5.24. The quantitative estimate of drug-likeness (QED) is 0.904. The zero-order valence-electron chi connectivity index (χ0n) is 8.32. The lowest BCUT2D eigenvalue weighted by atomic mass is 10.4. The van der Waals surface area contributed by atoms with Crippen molar-refractivity contribution in [1.82, 2.24) is 9.97 Å². The Morgan fingerprint density at radius 3 is 2.71 bits per heavy atom. The van der Waals surface area contributed by atoms with E-state index in [-0.39, 0.29) is 5.15 Å². The number of hydrogen-bond acceptors (Lipinski definition) is 4. The number of rotatable bonds is 2. The van der Waals surface area contributed by atoms with Gasteiger partial charge in [0.15, 0.2) is 5.82 Å². The zero-order valence-corrected chi connectivity index (χ0v) is 11.4. The molecule has 0 bridgehead atoms. The van der Waals surface area contributed by atoms with E-state index < -0.39 is 0 Å². The second-order valence-electron chi connectivity index (χ2n) is 3.04. The number of halogens is 3. The molecule has 0 aliphatic carbocycles. The molecule has 0 radical (unpaired) electrons. The van der Waals surface area contributed by atoms with Gasteiger partial charge in [0, 0.05) is 4.90 Å². The molecule has 2 rings (SSSR count). The number of nitrogens with zero attached hydrogens (tertiary/aromatic N) is 2. The molecule has 7 heteroatoms. The van der Waals surface area contributed by atoms with E-state index in [1.807, 2.05) is 6.07 Å². The SMILES string of the molecule is Nc1ncc(Cl)nc1Sc1cccc(Cl)c1Cl. The minimum absolute atomic E-state index is 0.278. The lowest BCUT2D eigenvalue weighted by Crippen LogP contribution is -1.95. The molecule has 1 aromatic heterocycles. The van der Waals surface area contributed by atoms with Gasteiger partial charge in [-0.1, -0.05) is 52.6 Å². The van der Waals surface area contributed by atoms with Gasteiger partial charge >= 0.3 is 0 Å². The lowest BCUT2D eigenvalue weighted by molar-refractivity contribution is 1.07. The molecule has 1 heterocycles. The molecule has 2 aromatic rings. The lowest BCUT2D eigenvalue weighted by Gasteiger charge is -2.06. The van der Waals surface area contributed by atoms with Crippen molar-refractivity contribution in [2.45, 2.75) is 9.92 Å². The standard InChI is InChI=1S/C10H6Cl3N3S/c11-5-2-1-3-6(8(5)13)17-10-9(14)15-4-7(12)16-10/h1-4H,(H2,14,15). The molecule has 0 aliphatic rings. The summed E-state index contributed by atoms with van der Waals surface area (Å²) in [5.41, 5.74) is 5.70. The summed E-state index contributed by atoms with van der Waals surface area (Å²) >= 11 is 19.0. The van der Waals surface area contributed by atoms with Gasteiger partial charge in [-0.25, -0.2) is 9.97 Å². The van der Waals surface area contributed by atoms with E-state index >= 15 is 0 Å². The average molecular weight is 307 g/mol. The van der Waals surface area contributed by atoms with Crippen molar-refractivity contribution in [1.29, 1.82) is 0 Å². The van der Waals surface area contributed by atoms with Crippen LogP contribution in [0, 0.1) is 0 Å². The van der Waals surface area contributed by atoms with Crippen molar-refractivity contribution in [3.8, 4) is 0 Å². The van der Waals surface area contributed by atoms with Crippen LogP contribution in [0.4, 0.5) is 5.82 Å². The van der Waals surface area contributed by atoms with Gasteiger partial charge in [0.05, 0.1) is 16.2 Å². The molecule has 0 saturated heterocycles. The van der Waals surface area contributed by atoms with Crippen molar-refractivity contribution < 1.29 is 0 Å². The molecule has 2 N–H and O–H groups in total. The highest BCUT2D eigenvalue weighted by molar-refractivity contribution is 7.99. The molecule has 3 nitrogen and oxygen atoms in total. The zero-order chi connectivity index (χ0) is 12.4. The number of hydrogen-bond donors (Lipinski definition) is 1. The third-order valence-corrected chi connectivity index (χ3v) is 4.03. The van der Waals surface area contributed by atoms with Gasteiger partial charge in [-0.2, -0.15) is 0 Å². The highest BCUT2D eigenvalue weighted by atomic mass is 35.5. The summed E-state index contributed by atoms with van der Waals surface area (Å²) in [6, 6.07) is 5.33. The van der Waals surface area contributed by atoms with Crippen molar-refractivity contribution in [3.63, 3.8) is 0 Å². The van der Waals surface area contributed by atoms with Gasteiger partial charge in [-0.3, -0.25) is 0 Å². The molecule has 0 spiro atoms. The Kier molecular flexibility index (Phi) is 3.99. The maximum absolute atomic E-state index is 6.06. The number of anilines is 1. The fourth-order valence-corrected chi connectivity index (χ4v) is 2.61. The topological polar surface area (TPSA) is 51.8 Å². The molecular formula is C10H6Cl3N3S. The Hall–Kier alpha value is -0.680. The molecule has 1 aromatic carbocycles. The first-order valence-electron chi connectivity index (χ1n) is 4.48. The van der Waals surface area contributed by atoms with Crippen LogP contribution in [0.15, 0.2) is 34.3 Å². The first-order valence-corrected chi connectivity index (χ1v) is 6.43. The molecule has 0 amide bonds. The summed E-state index contributed by atoms with van der Waals surface area (Å²) in [6.45, 7) is 0. The van der Waals surface area contributed by atoms with Crippen LogP contribution >= 0.6 is 46.6 Å². The normalized spacial score (nSPS) is 10.5. The highest BCUT2D eigenvalue weighted by Gasteiger charge is 2.10. The van der Waals surface area contributed by atoms with Crippen LogP contribution in [-0.4, -0.2) is 9.97 Å². The van der Waals surface area contributed by atoms with Gasteiger partial charge in [0.1, 0.15) is 10.2 Å². The third-order valence-electron chi connectivity index (χ3n) is 1.86. The highest BCUT2D eigenvalue weighted by Crippen LogP contribution is 2.37. The Morgan fingerprint density at radius 1 is 1.18 bits per heavy atom. The monoisotopic (exact) mass is 305 g/mol. The fourth-order valence-electron chi connectivity index (χ4n) is 1.10. The second kappa shape index (κ2) is 5.31. The molecule has 0 saturated carbocycles. The minimum atomic E-state index is 0.278. The number of nitrogens with two attached hydrogens (primary N) is 1. The van der Waals surface area contributed by atoms with Crippen LogP contribution in [0.5, 0.6) is 0 Å². The van der Waals surface area contributed by atoms with Crippen LogP contribution in [0.25, 0.3) is 0 Å². The Morgan fingerprint density at radius 2 is 1.94 bits per heavy atom. The molecular weight excluding hydrogens is 301 g/mol. The first kappa shape index (κ1) is 12.8. The van der Waals surface area contributed by atoms with E-state index in [2.05, 4.69) is 9.97 Å². The maximum atomic E-state index is 6.06. The van der Waals surface area contributed by atoms with Crippen molar-refractivity contribution >= 4 is 52.4 Å². The number of aromatic nitrogens is 2. The summed E-state index contributed by atoms with van der Waals surface area (Å²) < 4.78 is 0. The fraction of sp³-hybridized carbons (Fsp3) is 0. The summed E-state index contributed by atoms with van der Waals surface area (Å²) in [5.74, 6) is 0.301. The van der Waals surface area contributed by atoms with Crippen LogP contribution in [0.3, 0.4) is 0 Å². The van der Waals surface area contributed by atoms with Gasteiger partial charge < -0.3 is 5.73 Å². The summed E-state index contributed by atoms with van der Waals surface area (Å²) in [6.07, 6.45) is 1.39. The number of benzene rings is 1. The minimum Gasteiger partial charge on any atom is -0.381 e. The van der Waals surface area contributed by atoms with Crippen molar-refractivity contribution in [3.05, 3.63) is 39.6 Å². The van der Waals surface area contributed by atoms with Gasteiger partial charge in [-0.05, 0) is 12.1 Å². The van der Waals surface area contributed by atoms with Crippen LogP contribution in [-0.2, 0) is 0 Å². The molecule has 0 unspecified atom stereocenters. The van der Waals surface area contributed by atoms with E-state index in [9.17, 15) is 0 Å². The van der Waals surface area contributed by atoms with E-state index in [1.165, 1.54) is 18.0 Å². The average Bonchev–Trinajstić information content (AvgIpc) is 2.30. The van der Waals surface area contributed by atoms with Crippen molar-refractivity contribution in [2.75, 3.05) is 5.73 Å². The smallest absolute Gasteiger partial charge is 0.156 e. The molecule has 17 heavy (non-hydrogen) atoms. The van der Waals surface area contributed by atoms with Crippen LogP contribution in [0.2, 0.25) is 15.2 Å². The van der Waals surface area contributed by atoms with Crippen LogP contribution in [0.1, 0.15) is 0 Å². The Balaban J connectivity index is 2.38. The predicted octanol–water partition coefficient (Wildman–Crippen LogP) is 4.17. The maximum Gasteiger partial charge on any atom is 0.156 e. The predicted molar refractivity (Wildman–Crippen MR) is 72.0 cm³/mol.